The minimum Gasteiger partial charge on any atom is -0.492 e. The highest BCUT2D eigenvalue weighted by Crippen LogP contribution is 2.12. The van der Waals surface area contributed by atoms with Crippen LogP contribution in [0.15, 0.2) is 55.1 Å². The van der Waals surface area contributed by atoms with E-state index in [1.807, 2.05) is 31.2 Å². The maximum Gasteiger partial charge on any atom is 0.273 e. The first-order chi connectivity index (χ1) is 12.1. The van der Waals surface area contributed by atoms with E-state index in [9.17, 15) is 4.79 Å². The quantitative estimate of drug-likeness (QED) is 0.689. The molecular formula is C18H19N5O2. The van der Waals surface area contributed by atoms with Gasteiger partial charge in [-0.25, -0.2) is 14.6 Å². The fourth-order valence-corrected chi connectivity index (χ4v) is 2.26. The Kier molecular flexibility index (Phi) is 5.03. The Hall–Kier alpha value is -3.22. The zero-order valence-electron chi connectivity index (χ0n) is 14.2. The van der Waals surface area contributed by atoms with Gasteiger partial charge in [-0.3, -0.25) is 4.79 Å². The first-order valence-electron chi connectivity index (χ1n) is 7.90. The molecule has 0 saturated heterocycles. The van der Waals surface area contributed by atoms with E-state index in [-0.39, 0.29) is 11.6 Å². The monoisotopic (exact) mass is 337 g/mol. The number of hydrogen-bond donors (Lipinski definition) is 0. The second-order valence-corrected chi connectivity index (χ2v) is 5.60. The Morgan fingerprint density at radius 1 is 1.24 bits per heavy atom. The van der Waals surface area contributed by atoms with Crippen LogP contribution >= 0.6 is 0 Å². The zero-order valence-corrected chi connectivity index (χ0v) is 14.2. The number of hydrogen-bond acceptors (Lipinski definition) is 5. The average molecular weight is 337 g/mol. The Labute approximate surface area is 145 Å². The highest BCUT2D eigenvalue weighted by molar-refractivity contribution is 5.91. The zero-order chi connectivity index (χ0) is 17.6. The van der Waals surface area contributed by atoms with Gasteiger partial charge in [-0.1, -0.05) is 12.1 Å². The largest absolute Gasteiger partial charge is 0.492 e. The highest BCUT2D eigenvalue weighted by Gasteiger charge is 2.14. The van der Waals surface area contributed by atoms with Gasteiger partial charge in [0.2, 0.25) is 0 Å². The van der Waals surface area contributed by atoms with E-state index in [1.165, 1.54) is 12.4 Å². The van der Waals surface area contributed by atoms with Crippen LogP contribution in [-0.4, -0.2) is 50.8 Å². The van der Waals surface area contributed by atoms with Crippen LogP contribution in [0.5, 0.6) is 5.75 Å². The summed E-state index contributed by atoms with van der Waals surface area (Å²) in [6, 6.07) is 9.60. The molecule has 7 heteroatoms. The van der Waals surface area contributed by atoms with Crippen molar-refractivity contribution in [1.29, 1.82) is 0 Å². The molecule has 1 aromatic carbocycles. The molecule has 0 spiro atoms. The minimum absolute atomic E-state index is 0.202. The number of benzene rings is 1. The third-order valence-corrected chi connectivity index (χ3v) is 3.63. The van der Waals surface area contributed by atoms with Crippen molar-refractivity contribution in [3.63, 3.8) is 0 Å². The first-order valence-corrected chi connectivity index (χ1v) is 7.90. The van der Waals surface area contributed by atoms with Gasteiger partial charge in [0, 0.05) is 19.4 Å². The van der Waals surface area contributed by atoms with Gasteiger partial charge in [0.15, 0.2) is 5.82 Å². The molecule has 0 N–H and O–H groups in total. The number of amides is 1. The Morgan fingerprint density at radius 3 is 2.80 bits per heavy atom. The summed E-state index contributed by atoms with van der Waals surface area (Å²) in [6.45, 7) is 2.87. The normalized spacial score (nSPS) is 10.5. The molecule has 0 atom stereocenters. The Balaban J connectivity index is 1.55. The number of aryl methyl sites for hydroxylation is 1. The Bertz CT molecular complexity index is 831. The summed E-state index contributed by atoms with van der Waals surface area (Å²) in [5.41, 5.74) is 1.42. The van der Waals surface area contributed by atoms with Crippen molar-refractivity contribution >= 4 is 5.91 Å². The van der Waals surface area contributed by atoms with Gasteiger partial charge in [0.05, 0.1) is 18.9 Å². The van der Waals surface area contributed by atoms with Crippen molar-refractivity contribution in [2.45, 2.75) is 6.92 Å². The number of nitrogens with zero attached hydrogens (tertiary/aromatic N) is 5. The fourth-order valence-electron chi connectivity index (χ4n) is 2.26. The molecule has 2 heterocycles. The van der Waals surface area contributed by atoms with Gasteiger partial charge in [0.1, 0.15) is 18.1 Å². The van der Waals surface area contributed by atoms with E-state index in [4.69, 9.17) is 4.74 Å². The summed E-state index contributed by atoms with van der Waals surface area (Å²) in [5, 5.41) is 4.07. The molecule has 0 aliphatic rings. The number of ether oxygens (including phenoxy) is 1. The summed E-state index contributed by atoms with van der Waals surface area (Å²) < 4.78 is 7.25. The molecule has 2 aromatic heterocycles. The minimum atomic E-state index is -0.202. The summed E-state index contributed by atoms with van der Waals surface area (Å²) in [4.78, 5) is 22.3. The van der Waals surface area contributed by atoms with Crippen molar-refractivity contribution in [1.82, 2.24) is 24.6 Å². The predicted octanol–water partition coefficient (Wildman–Crippen LogP) is 2.12. The van der Waals surface area contributed by atoms with Crippen molar-refractivity contribution in [3.05, 3.63) is 66.4 Å². The molecule has 3 aromatic rings. The molecule has 7 nitrogen and oxygen atoms in total. The van der Waals surface area contributed by atoms with Gasteiger partial charge in [-0.05, 0) is 30.7 Å². The summed E-state index contributed by atoms with van der Waals surface area (Å²) in [6.07, 6.45) is 6.40. The molecule has 0 radical (unpaired) electrons. The molecule has 0 fully saturated rings. The number of carbonyl (C=O) groups is 1. The molecule has 0 bridgehead atoms. The van der Waals surface area contributed by atoms with Crippen LogP contribution in [0, 0.1) is 6.92 Å². The summed E-state index contributed by atoms with van der Waals surface area (Å²) >= 11 is 0. The Morgan fingerprint density at radius 2 is 2.12 bits per heavy atom. The fraction of sp³-hybridized carbons (Fsp3) is 0.222. The van der Waals surface area contributed by atoms with E-state index < -0.39 is 0 Å². The summed E-state index contributed by atoms with van der Waals surface area (Å²) in [7, 11) is 1.71. The number of likely N-dealkylation sites (N-methyl/N-ethyl adjacent to an activating group) is 1. The number of aromatic nitrogens is 4. The van der Waals surface area contributed by atoms with Crippen molar-refractivity contribution in [2.24, 2.45) is 0 Å². The molecule has 1 amide bonds. The standard InChI is InChI=1S/C18H19N5O2/c1-14-5-3-6-15(11-14)25-10-9-22(2)18(24)16-12-20-17(13-19-16)23-8-4-7-21-23/h3-8,11-13H,9-10H2,1-2H3. The van der Waals surface area contributed by atoms with Crippen LogP contribution in [0.2, 0.25) is 0 Å². The molecule has 0 saturated carbocycles. The van der Waals surface area contributed by atoms with E-state index in [0.717, 1.165) is 11.3 Å². The first kappa shape index (κ1) is 16.6. The molecule has 0 unspecified atom stereocenters. The maximum atomic E-state index is 12.4. The second-order valence-electron chi connectivity index (χ2n) is 5.60. The lowest BCUT2D eigenvalue weighted by atomic mass is 10.2. The van der Waals surface area contributed by atoms with E-state index in [1.54, 1.807) is 35.1 Å². The topological polar surface area (TPSA) is 73.1 Å². The lowest BCUT2D eigenvalue weighted by Crippen LogP contribution is -2.31. The predicted molar refractivity (Wildman–Crippen MR) is 92.8 cm³/mol. The lowest BCUT2D eigenvalue weighted by Gasteiger charge is -2.17. The van der Waals surface area contributed by atoms with Gasteiger partial charge in [-0.15, -0.1) is 0 Å². The molecule has 128 valence electrons. The van der Waals surface area contributed by atoms with Gasteiger partial charge < -0.3 is 9.64 Å². The van der Waals surface area contributed by atoms with Gasteiger partial charge >= 0.3 is 0 Å². The van der Waals surface area contributed by atoms with E-state index in [0.29, 0.717) is 19.0 Å². The molecule has 25 heavy (non-hydrogen) atoms. The average Bonchev–Trinajstić information content (AvgIpc) is 3.16. The van der Waals surface area contributed by atoms with Crippen LogP contribution in [0.25, 0.3) is 5.82 Å². The maximum absolute atomic E-state index is 12.4. The number of rotatable bonds is 6. The highest BCUT2D eigenvalue weighted by atomic mass is 16.5. The lowest BCUT2D eigenvalue weighted by molar-refractivity contribution is 0.0767. The molecule has 0 aliphatic heterocycles. The molecule has 0 aliphatic carbocycles. The smallest absolute Gasteiger partial charge is 0.273 e. The van der Waals surface area contributed by atoms with Crippen LogP contribution < -0.4 is 4.74 Å². The molecule has 3 rings (SSSR count). The van der Waals surface area contributed by atoms with Crippen molar-refractivity contribution < 1.29 is 9.53 Å². The van der Waals surface area contributed by atoms with Crippen LogP contribution in [0.3, 0.4) is 0 Å². The SMILES string of the molecule is Cc1cccc(OCCN(C)C(=O)c2cnc(-n3cccn3)cn2)c1. The third kappa shape index (κ3) is 4.20. The van der Waals surface area contributed by atoms with Gasteiger partial charge in [-0.2, -0.15) is 5.10 Å². The molecular weight excluding hydrogens is 318 g/mol. The van der Waals surface area contributed by atoms with Crippen molar-refractivity contribution in [2.75, 3.05) is 20.2 Å². The third-order valence-electron chi connectivity index (χ3n) is 3.63. The summed E-state index contributed by atoms with van der Waals surface area (Å²) in [5.74, 6) is 1.16. The second kappa shape index (κ2) is 7.57. The van der Waals surface area contributed by atoms with Crippen molar-refractivity contribution in [3.8, 4) is 11.6 Å². The van der Waals surface area contributed by atoms with Gasteiger partial charge in [0.25, 0.3) is 5.91 Å². The van der Waals surface area contributed by atoms with E-state index >= 15 is 0 Å². The van der Waals surface area contributed by atoms with Crippen LogP contribution in [0.1, 0.15) is 16.1 Å². The van der Waals surface area contributed by atoms with Crippen LogP contribution in [0.4, 0.5) is 0 Å². The van der Waals surface area contributed by atoms with Crippen LogP contribution in [-0.2, 0) is 0 Å². The van der Waals surface area contributed by atoms with E-state index in [2.05, 4.69) is 15.1 Å². The number of carbonyl (C=O) groups excluding carboxylic acids is 1.